The lowest BCUT2D eigenvalue weighted by atomic mass is 9.99. The van der Waals surface area contributed by atoms with E-state index in [1.54, 1.807) is 40.5 Å². The third-order valence-electron chi connectivity index (χ3n) is 5.11. The summed E-state index contributed by atoms with van der Waals surface area (Å²) in [5.74, 6) is -1.04. The minimum absolute atomic E-state index is 0.147. The number of benzene rings is 1. The molecule has 6 heteroatoms. The molecule has 3 amide bonds. The Morgan fingerprint density at radius 1 is 1.08 bits per heavy atom. The van der Waals surface area contributed by atoms with Crippen molar-refractivity contribution in [3.63, 3.8) is 0 Å². The molecule has 1 atom stereocenters. The first-order valence-corrected chi connectivity index (χ1v) is 9.68. The van der Waals surface area contributed by atoms with Gasteiger partial charge in [-0.1, -0.05) is 26.0 Å². The number of carbonyl (C=O) groups excluding carboxylic acids is 3. The summed E-state index contributed by atoms with van der Waals surface area (Å²) < 4.78 is 0. The molecule has 1 unspecified atom stereocenters. The van der Waals surface area contributed by atoms with Crippen molar-refractivity contribution in [3.8, 4) is 0 Å². The second kappa shape index (κ2) is 6.36. The fourth-order valence-corrected chi connectivity index (χ4v) is 4.67. The molecular weight excluding hydrogens is 348 g/mol. The van der Waals surface area contributed by atoms with Crippen LogP contribution in [0.1, 0.15) is 45.0 Å². The van der Waals surface area contributed by atoms with E-state index in [1.165, 1.54) is 15.3 Å². The number of fused-ring (bicyclic) bond motifs is 2. The van der Waals surface area contributed by atoms with Gasteiger partial charge in [0, 0.05) is 18.0 Å². The van der Waals surface area contributed by atoms with Crippen molar-refractivity contribution in [3.05, 3.63) is 57.3 Å². The van der Waals surface area contributed by atoms with Gasteiger partial charge in [-0.3, -0.25) is 19.3 Å². The van der Waals surface area contributed by atoms with Crippen LogP contribution in [-0.4, -0.2) is 40.1 Å². The Balaban J connectivity index is 1.64. The Hall–Kier alpha value is -2.47. The van der Waals surface area contributed by atoms with Crippen LogP contribution in [0.3, 0.4) is 0 Å². The molecule has 5 nitrogen and oxygen atoms in total. The van der Waals surface area contributed by atoms with Crippen LogP contribution in [0.2, 0.25) is 0 Å². The van der Waals surface area contributed by atoms with Gasteiger partial charge in [-0.15, -0.1) is 11.3 Å². The smallest absolute Gasteiger partial charge is 0.262 e. The molecule has 0 radical (unpaired) electrons. The molecule has 0 aliphatic carbocycles. The standard InChI is InChI=1S/C20H20N2O3S/c1-12(2)17(20(25)21-9-7-16-13(11-21)8-10-26-16)22-18(23)14-5-3-4-6-15(14)19(22)24/h3-6,8,10,12,17H,7,9,11H2,1-2H3. The summed E-state index contributed by atoms with van der Waals surface area (Å²) in [7, 11) is 0. The van der Waals surface area contributed by atoms with E-state index in [1.807, 2.05) is 25.3 Å². The van der Waals surface area contributed by atoms with E-state index < -0.39 is 6.04 Å². The van der Waals surface area contributed by atoms with E-state index in [0.717, 1.165) is 6.42 Å². The van der Waals surface area contributed by atoms with Crippen molar-refractivity contribution in [1.82, 2.24) is 9.80 Å². The Bertz CT molecular complexity index is 867. The summed E-state index contributed by atoms with van der Waals surface area (Å²) in [5, 5.41) is 2.04. The van der Waals surface area contributed by atoms with Gasteiger partial charge in [0.05, 0.1) is 11.1 Å². The van der Waals surface area contributed by atoms with Crippen molar-refractivity contribution in [2.24, 2.45) is 5.92 Å². The van der Waals surface area contributed by atoms with Gasteiger partial charge in [-0.2, -0.15) is 0 Å². The summed E-state index contributed by atoms with van der Waals surface area (Å²) >= 11 is 1.71. The molecule has 3 heterocycles. The fourth-order valence-electron chi connectivity index (χ4n) is 3.78. The Morgan fingerprint density at radius 3 is 2.35 bits per heavy atom. The molecule has 2 aliphatic heterocycles. The molecule has 0 N–H and O–H groups in total. The van der Waals surface area contributed by atoms with Crippen LogP contribution >= 0.6 is 11.3 Å². The fraction of sp³-hybridized carbons (Fsp3) is 0.350. The van der Waals surface area contributed by atoms with Gasteiger partial charge in [0.2, 0.25) is 5.91 Å². The summed E-state index contributed by atoms with van der Waals surface area (Å²) in [6.07, 6.45) is 0.825. The summed E-state index contributed by atoms with van der Waals surface area (Å²) in [6, 6.07) is 8.05. The average molecular weight is 368 g/mol. The topological polar surface area (TPSA) is 57.7 Å². The second-order valence-corrected chi connectivity index (χ2v) is 8.09. The molecule has 1 aromatic carbocycles. The van der Waals surface area contributed by atoms with Crippen molar-refractivity contribution < 1.29 is 14.4 Å². The van der Waals surface area contributed by atoms with E-state index in [-0.39, 0.29) is 23.6 Å². The monoisotopic (exact) mass is 368 g/mol. The largest absolute Gasteiger partial charge is 0.336 e. The van der Waals surface area contributed by atoms with Crippen LogP contribution in [-0.2, 0) is 17.8 Å². The van der Waals surface area contributed by atoms with Gasteiger partial charge in [0.15, 0.2) is 0 Å². The normalized spacial score (nSPS) is 17.5. The highest BCUT2D eigenvalue weighted by molar-refractivity contribution is 7.10. The average Bonchev–Trinajstić information content (AvgIpc) is 3.20. The molecule has 0 saturated heterocycles. The van der Waals surface area contributed by atoms with Gasteiger partial charge in [-0.25, -0.2) is 0 Å². The van der Waals surface area contributed by atoms with Crippen molar-refractivity contribution in [1.29, 1.82) is 0 Å². The molecular formula is C20H20N2O3S. The SMILES string of the molecule is CC(C)C(C(=O)N1CCc2sccc2C1)N1C(=O)c2ccccc2C1=O. The van der Waals surface area contributed by atoms with Gasteiger partial charge < -0.3 is 4.90 Å². The predicted molar refractivity (Wildman–Crippen MR) is 99.0 cm³/mol. The first kappa shape index (κ1) is 17.0. The molecule has 0 spiro atoms. The highest BCUT2D eigenvalue weighted by Crippen LogP contribution is 2.30. The molecule has 0 saturated carbocycles. The lowest BCUT2D eigenvalue weighted by molar-refractivity contribution is -0.137. The van der Waals surface area contributed by atoms with Crippen molar-refractivity contribution >= 4 is 29.1 Å². The molecule has 2 aliphatic rings. The molecule has 26 heavy (non-hydrogen) atoms. The van der Waals surface area contributed by atoms with Gasteiger partial charge in [0.1, 0.15) is 6.04 Å². The summed E-state index contributed by atoms with van der Waals surface area (Å²) in [5.41, 5.74) is 1.93. The zero-order valence-corrected chi connectivity index (χ0v) is 15.6. The highest BCUT2D eigenvalue weighted by Gasteiger charge is 2.45. The van der Waals surface area contributed by atoms with Gasteiger partial charge in [-0.05, 0) is 41.5 Å². The zero-order chi connectivity index (χ0) is 18.4. The number of hydrogen-bond donors (Lipinski definition) is 0. The van der Waals surface area contributed by atoms with Crippen LogP contribution in [0.4, 0.5) is 0 Å². The molecule has 0 bridgehead atoms. The van der Waals surface area contributed by atoms with E-state index >= 15 is 0 Å². The Morgan fingerprint density at radius 2 is 1.73 bits per heavy atom. The maximum atomic E-state index is 13.3. The molecule has 4 rings (SSSR count). The van der Waals surface area contributed by atoms with Gasteiger partial charge in [0.25, 0.3) is 11.8 Å². The quantitative estimate of drug-likeness (QED) is 0.783. The maximum Gasteiger partial charge on any atom is 0.262 e. The predicted octanol–water partition coefficient (Wildman–Crippen LogP) is 2.95. The van der Waals surface area contributed by atoms with Crippen LogP contribution in [0, 0.1) is 5.92 Å². The van der Waals surface area contributed by atoms with Crippen molar-refractivity contribution in [2.75, 3.05) is 6.54 Å². The first-order chi connectivity index (χ1) is 12.5. The number of rotatable bonds is 3. The Kier molecular flexibility index (Phi) is 4.15. The minimum Gasteiger partial charge on any atom is -0.336 e. The van der Waals surface area contributed by atoms with E-state index in [9.17, 15) is 14.4 Å². The van der Waals surface area contributed by atoms with E-state index in [4.69, 9.17) is 0 Å². The van der Waals surface area contributed by atoms with E-state index in [0.29, 0.717) is 24.2 Å². The number of imide groups is 1. The second-order valence-electron chi connectivity index (χ2n) is 7.09. The molecule has 134 valence electrons. The molecule has 2 aromatic rings. The van der Waals surface area contributed by atoms with E-state index in [2.05, 4.69) is 0 Å². The number of carbonyl (C=O) groups is 3. The summed E-state index contributed by atoms with van der Waals surface area (Å²) in [6.45, 7) is 4.93. The zero-order valence-electron chi connectivity index (χ0n) is 14.8. The maximum absolute atomic E-state index is 13.3. The van der Waals surface area contributed by atoms with Crippen LogP contribution in [0.25, 0.3) is 0 Å². The highest BCUT2D eigenvalue weighted by atomic mass is 32.1. The number of hydrogen-bond acceptors (Lipinski definition) is 4. The number of thiophene rings is 1. The molecule has 1 aromatic heterocycles. The lowest BCUT2D eigenvalue weighted by Gasteiger charge is -2.35. The number of nitrogens with zero attached hydrogens (tertiary/aromatic N) is 2. The summed E-state index contributed by atoms with van der Waals surface area (Å²) in [4.78, 5) is 43.2. The number of amides is 3. The first-order valence-electron chi connectivity index (χ1n) is 8.80. The van der Waals surface area contributed by atoms with Crippen LogP contribution < -0.4 is 0 Å². The lowest BCUT2D eigenvalue weighted by Crippen LogP contribution is -2.54. The van der Waals surface area contributed by atoms with Crippen LogP contribution in [0.15, 0.2) is 35.7 Å². The van der Waals surface area contributed by atoms with Gasteiger partial charge >= 0.3 is 0 Å². The van der Waals surface area contributed by atoms with Crippen molar-refractivity contribution in [2.45, 2.75) is 32.9 Å². The molecule has 0 fully saturated rings. The third kappa shape index (κ3) is 2.56. The Labute approximate surface area is 156 Å². The third-order valence-corrected chi connectivity index (χ3v) is 6.13. The minimum atomic E-state index is -0.775. The van der Waals surface area contributed by atoms with Crippen LogP contribution in [0.5, 0.6) is 0 Å².